The van der Waals surface area contributed by atoms with E-state index in [4.69, 9.17) is 25.8 Å². The summed E-state index contributed by atoms with van der Waals surface area (Å²) in [4.78, 5) is 12.5. The first kappa shape index (κ1) is 22.0. The number of hydrogen-bond acceptors (Lipinski definition) is 5. The minimum atomic E-state index is -4.56. The second kappa shape index (κ2) is 9.29. The van der Waals surface area contributed by atoms with E-state index in [1.165, 1.54) is 27.4 Å². The molecule has 0 fully saturated rings. The number of hydrogen-bond donors (Lipinski definition) is 1. The third-order valence-corrected chi connectivity index (χ3v) is 4.89. The van der Waals surface area contributed by atoms with Gasteiger partial charge in [-0.05, 0) is 18.2 Å². The molecule has 0 spiro atoms. The Morgan fingerprint density at radius 3 is 2.18 bits per heavy atom. The fourth-order valence-corrected chi connectivity index (χ4v) is 3.27. The zero-order valence-corrected chi connectivity index (χ0v) is 16.7. The largest absolute Gasteiger partial charge is 0.493 e. The maximum atomic E-state index is 12.9. The van der Waals surface area contributed by atoms with Gasteiger partial charge in [0.05, 0.1) is 37.7 Å². The van der Waals surface area contributed by atoms with Gasteiger partial charge >= 0.3 is 6.18 Å². The monoisotopic (exact) mass is 435 g/mol. The molecule has 5 nitrogen and oxygen atoms in total. The Morgan fingerprint density at radius 1 is 1.07 bits per heavy atom. The first-order valence-corrected chi connectivity index (χ1v) is 9.15. The number of halogens is 4. The van der Waals surface area contributed by atoms with Gasteiger partial charge in [-0.25, -0.2) is 0 Å². The number of ether oxygens (including phenoxy) is 3. The molecule has 0 heterocycles. The van der Waals surface area contributed by atoms with E-state index in [2.05, 4.69) is 5.32 Å². The van der Waals surface area contributed by atoms with Crippen LogP contribution in [0.1, 0.15) is 5.56 Å². The van der Waals surface area contributed by atoms with E-state index < -0.39 is 22.7 Å². The summed E-state index contributed by atoms with van der Waals surface area (Å²) in [7, 11) is 4.34. The van der Waals surface area contributed by atoms with E-state index in [1.54, 1.807) is 12.1 Å². The first-order chi connectivity index (χ1) is 13.2. The molecule has 2 aromatic carbocycles. The molecule has 0 aliphatic rings. The van der Waals surface area contributed by atoms with E-state index >= 15 is 0 Å². The second-order valence-electron chi connectivity index (χ2n) is 5.39. The summed E-state index contributed by atoms with van der Waals surface area (Å²) in [6, 6.07) is 6.60. The Kier molecular flexibility index (Phi) is 7.31. The fraction of sp³-hybridized carbons (Fsp3) is 0.278. The number of rotatable bonds is 7. The average molecular weight is 436 g/mol. The number of carbonyl (C=O) groups excluding carboxylic acids is 1. The number of nitrogens with one attached hydrogen (secondary N) is 1. The number of carbonyl (C=O) groups is 1. The van der Waals surface area contributed by atoms with Crippen molar-refractivity contribution < 1.29 is 32.2 Å². The van der Waals surface area contributed by atoms with Crippen molar-refractivity contribution >= 4 is 35.0 Å². The maximum Gasteiger partial charge on any atom is 0.417 e. The van der Waals surface area contributed by atoms with Crippen molar-refractivity contribution in [2.75, 3.05) is 32.4 Å². The van der Waals surface area contributed by atoms with E-state index in [1.807, 2.05) is 0 Å². The van der Waals surface area contributed by atoms with E-state index in [0.29, 0.717) is 22.9 Å². The zero-order chi connectivity index (χ0) is 20.9. The smallest absolute Gasteiger partial charge is 0.417 e. The van der Waals surface area contributed by atoms with Crippen molar-refractivity contribution in [1.29, 1.82) is 0 Å². The SMILES string of the molecule is COc1cc(NC(=O)CSc2ccc(Cl)c(C(F)(F)F)c2)cc(OC)c1OC. The Bertz CT molecular complexity index is 836. The van der Waals surface area contributed by atoms with Crippen LogP contribution in [0.4, 0.5) is 18.9 Å². The van der Waals surface area contributed by atoms with Gasteiger partial charge in [0.2, 0.25) is 11.7 Å². The van der Waals surface area contributed by atoms with Crippen molar-refractivity contribution in [2.24, 2.45) is 0 Å². The van der Waals surface area contributed by atoms with Gasteiger partial charge in [-0.1, -0.05) is 11.6 Å². The number of amides is 1. The highest BCUT2D eigenvalue weighted by atomic mass is 35.5. The minimum absolute atomic E-state index is 0.102. The molecule has 28 heavy (non-hydrogen) atoms. The molecule has 0 bridgehead atoms. The highest BCUT2D eigenvalue weighted by Crippen LogP contribution is 2.40. The number of thioether (sulfide) groups is 1. The van der Waals surface area contributed by atoms with Gasteiger partial charge in [0.25, 0.3) is 0 Å². The third-order valence-electron chi connectivity index (χ3n) is 3.56. The molecule has 2 rings (SSSR count). The normalized spacial score (nSPS) is 11.1. The minimum Gasteiger partial charge on any atom is -0.493 e. The molecule has 0 unspecified atom stereocenters. The quantitative estimate of drug-likeness (QED) is 0.612. The highest BCUT2D eigenvalue weighted by Gasteiger charge is 2.33. The van der Waals surface area contributed by atoms with Crippen molar-refractivity contribution in [1.82, 2.24) is 0 Å². The molecule has 0 aliphatic heterocycles. The molecule has 1 N–H and O–H groups in total. The molecule has 0 atom stereocenters. The standard InChI is InChI=1S/C18H17ClF3NO4S/c1-25-14-6-10(7-15(26-2)17(14)27-3)23-16(24)9-28-11-4-5-13(19)12(8-11)18(20,21)22/h4-8H,9H2,1-3H3,(H,23,24). The first-order valence-electron chi connectivity index (χ1n) is 7.79. The summed E-state index contributed by atoms with van der Waals surface area (Å²) in [6.07, 6.45) is -4.56. The van der Waals surface area contributed by atoms with Gasteiger partial charge in [0.15, 0.2) is 11.5 Å². The molecule has 0 aliphatic carbocycles. The van der Waals surface area contributed by atoms with Crippen molar-refractivity contribution in [3.05, 3.63) is 40.9 Å². The Hall–Kier alpha value is -2.26. The lowest BCUT2D eigenvalue weighted by Gasteiger charge is -2.14. The van der Waals surface area contributed by atoms with Crippen LogP contribution in [-0.4, -0.2) is 33.0 Å². The van der Waals surface area contributed by atoms with E-state index in [-0.39, 0.29) is 10.6 Å². The lowest BCUT2D eigenvalue weighted by Crippen LogP contribution is -2.14. The fourth-order valence-electron chi connectivity index (χ4n) is 2.31. The summed E-state index contributed by atoms with van der Waals surface area (Å²) in [6.45, 7) is 0. The van der Waals surface area contributed by atoms with Gasteiger partial charge in [-0.15, -0.1) is 11.8 Å². The Labute approximate surface area is 169 Å². The number of anilines is 1. The topological polar surface area (TPSA) is 56.8 Å². The van der Waals surface area contributed by atoms with Gasteiger partial charge in [-0.2, -0.15) is 13.2 Å². The molecular formula is C18H17ClF3NO4S. The predicted octanol–water partition coefficient (Wildman–Crippen LogP) is 5.12. The van der Waals surface area contributed by atoms with Crippen molar-refractivity contribution in [3.63, 3.8) is 0 Å². The number of methoxy groups -OCH3 is 3. The van der Waals surface area contributed by atoms with Crippen LogP contribution in [0.15, 0.2) is 35.2 Å². The van der Waals surface area contributed by atoms with Gasteiger partial charge < -0.3 is 19.5 Å². The lowest BCUT2D eigenvalue weighted by molar-refractivity contribution is -0.137. The molecule has 0 saturated carbocycles. The number of alkyl halides is 3. The third kappa shape index (κ3) is 5.39. The van der Waals surface area contributed by atoms with Crippen molar-refractivity contribution in [3.8, 4) is 17.2 Å². The molecule has 0 radical (unpaired) electrons. The van der Waals surface area contributed by atoms with E-state index in [0.717, 1.165) is 23.9 Å². The second-order valence-corrected chi connectivity index (χ2v) is 6.85. The van der Waals surface area contributed by atoms with Gasteiger partial charge in [-0.3, -0.25) is 4.79 Å². The summed E-state index contributed by atoms with van der Waals surface area (Å²) in [5.41, 5.74) is -0.545. The molecular weight excluding hydrogens is 419 g/mol. The van der Waals surface area contributed by atoms with Crippen LogP contribution < -0.4 is 19.5 Å². The maximum absolute atomic E-state index is 12.9. The Morgan fingerprint density at radius 2 is 1.68 bits per heavy atom. The van der Waals surface area contributed by atoms with Crippen LogP contribution in [0.25, 0.3) is 0 Å². The van der Waals surface area contributed by atoms with Crippen molar-refractivity contribution in [2.45, 2.75) is 11.1 Å². The average Bonchev–Trinajstić information content (AvgIpc) is 2.65. The summed E-state index contributed by atoms with van der Waals surface area (Å²) in [5.74, 6) is 0.575. The zero-order valence-electron chi connectivity index (χ0n) is 15.1. The number of benzene rings is 2. The van der Waals surface area contributed by atoms with Crippen LogP contribution >= 0.6 is 23.4 Å². The summed E-state index contributed by atoms with van der Waals surface area (Å²) in [5, 5.41) is 2.26. The summed E-state index contributed by atoms with van der Waals surface area (Å²) < 4.78 is 54.4. The molecule has 1 amide bonds. The molecule has 10 heteroatoms. The molecule has 0 saturated heterocycles. The van der Waals surface area contributed by atoms with Gasteiger partial charge in [0.1, 0.15) is 0 Å². The molecule has 152 valence electrons. The highest BCUT2D eigenvalue weighted by molar-refractivity contribution is 8.00. The summed E-state index contributed by atoms with van der Waals surface area (Å²) >= 11 is 6.55. The van der Waals surface area contributed by atoms with Crippen LogP contribution in [0.3, 0.4) is 0 Å². The molecule has 0 aromatic heterocycles. The molecule has 2 aromatic rings. The van der Waals surface area contributed by atoms with Crippen LogP contribution in [0.5, 0.6) is 17.2 Å². The van der Waals surface area contributed by atoms with Crippen LogP contribution in [0.2, 0.25) is 5.02 Å². The lowest BCUT2D eigenvalue weighted by atomic mass is 10.2. The van der Waals surface area contributed by atoms with E-state index in [9.17, 15) is 18.0 Å². The van der Waals surface area contributed by atoms with Crippen LogP contribution in [0, 0.1) is 0 Å². The van der Waals surface area contributed by atoms with Gasteiger partial charge in [0, 0.05) is 22.7 Å². The Balaban J connectivity index is 2.09. The van der Waals surface area contributed by atoms with Crippen LogP contribution in [-0.2, 0) is 11.0 Å². The predicted molar refractivity (Wildman–Crippen MR) is 102 cm³/mol.